The molecule has 0 amide bonds. The molecule has 2 aliphatic rings. The van der Waals surface area contributed by atoms with Gasteiger partial charge in [-0.2, -0.15) is 0 Å². The predicted molar refractivity (Wildman–Crippen MR) is 165 cm³/mol. The van der Waals surface area contributed by atoms with Crippen molar-refractivity contribution in [1.82, 2.24) is 0 Å². The lowest BCUT2D eigenvalue weighted by atomic mass is 10.1. The first-order valence-electron chi connectivity index (χ1n) is 15.2. The lowest BCUT2D eigenvalue weighted by molar-refractivity contribution is -0.135. The van der Waals surface area contributed by atoms with E-state index < -0.39 is 11.9 Å². The number of ether oxygens (including phenoxy) is 6. The largest absolute Gasteiger partial charge is 0.427 e. The molecule has 0 N–H and O–H groups in total. The Morgan fingerprint density at radius 3 is 1.26 bits per heavy atom. The Labute approximate surface area is 265 Å². The second-order valence-corrected chi connectivity index (χ2v) is 11.1. The van der Waals surface area contributed by atoms with E-state index >= 15 is 0 Å². The average Bonchev–Trinajstić information content (AvgIpc) is 3.99. The van der Waals surface area contributed by atoms with Crippen LogP contribution in [-0.2, 0) is 19.1 Å². The van der Waals surface area contributed by atoms with Gasteiger partial charge in [0.2, 0.25) is 0 Å². The summed E-state index contributed by atoms with van der Waals surface area (Å²) in [5, 5.41) is 1.55. The van der Waals surface area contributed by atoms with Crippen molar-refractivity contribution in [2.75, 3.05) is 13.2 Å². The minimum atomic E-state index is -0.559. The number of fused-ring (bicyclic) bond motifs is 1. The Balaban J connectivity index is 0.982. The van der Waals surface area contributed by atoms with Gasteiger partial charge in [0.05, 0.1) is 36.5 Å². The maximum Gasteiger partial charge on any atom is 0.343 e. The monoisotopic (exact) mass is 624 g/mol. The van der Waals surface area contributed by atoms with Crippen LogP contribution in [0.25, 0.3) is 10.8 Å². The zero-order valence-corrected chi connectivity index (χ0v) is 25.0. The summed E-state index contributed by atoms with van der Waals surface area (Å²) in [5.41, 5.74) is 0.609. The van der Waals surface area contributed by atoms with E-state index in [1.165, 1.54) is 24.3 Å². The molecule has 0 bridgehead atoms. The van der Waals surface area contributed by atoms with Crippen LogP contribution in [0.2, 0.25) is 0 Å². The average molecular weight is 625 g/mol. The topological polar surface area (TPSA) is 130 Å². The molecule has 2 saturated heterocycles. The second-order valence-electron chi connectivity index (χ2n) is 11.1. The van der Waals surface area contributed by atoms with Crippen molar-refractivity contribution in [1.29, 1.82) is 0 Å². The summed E-state index contributed by atoms with van der Waals surface area (Å²) in [6.07, 6.45) is 4.28. The first-order valence-corrected chi connectivity index (χ1v) is 15.2. The summed E-state index contributed by atoms with van der Waals surface area (Å²) in [6, 6.07) is 22.6. The van der Waals surface area contributed by atoms with E-state index in [1.807, 2.05) is 0 Å². The van der Waals surface area contributed by atoms with E-state index in [2.05, 4.69) is 0 Å². The number of carbonyl (C=O) groups is 4. The van der Waals surface area contributed by atoms with Gasteiger partial charge in [-0.3, -0.25) is 9.59 Å². The van der Waals surface area contributed by atoms with Gasteiger partial charge in [0, 0.05) is 12.8 Å². The normalized spacial score (nSPS) is 16.3. The van der Waals surface area contributed by atoms with Crippen molar-refractivity contribution in [2.45, 2.75) is 50.7 Å². The van der Waals surface area contributed by atoms with Crippen molar-refractivity contribution >= 4 is 34.6 Å². The van der Waals surface area contributed by atoms with Gasteiger partial charge < -0.3 is 28.4 Å². The molecule has 2 unspecified atom stereocenters. The first-order chi connectivity index (χ1) is 22.4. The highest BCUT2D eigenvalue weighted by Gasteiger charge is 2.23. The quantitative estimate of drug-likeness (QED) is 0.0904. The molecule has 0 spiro atoms. The molecular formula is C36H32O10. The van der Waals surface area contributed by atoms with Crippen LogP contribution in [0.1, 0.15) is 59.2 Å². The fourth-order valence-electron chi connectivity index (χ4n) is 4.76. The minimum Gasteiger partial charge on any atom is -0.427 e. The highest BCUT2D eigenvalue weighted by Crippen LogP contribution is 2.27. The van der Waals surface area contributed by atoms with E-state index in [9.17, 15) is 19.2 Å². The van der Waals surface area contributed by atoms with Crippen LogP contribution in [0, 0.1) is 0 Å². The molecule has 46 heavy (non-hydrogen) atoms. The standard InChI is InChI=1S/C36H32O10/c37-33(5-1-3-31-21-41-31)43-27-13-7-23(8-14-27)35(39)45-29-17-11-26-20-30(18-12-25(26)19-29)46-36(40)24-9-15-28(16-10-24)44-34(38)6-2-4-32-22-42-32/h7-20,31-32H,1-6,21-22H2. The van der Waals surface area contributed by atoms with Crippen molar-refractivity contribution in [3.8, 4) is 23.0 Å². The second kappa shape index (κ2) is 14.4. The van der Waals surface area contributed by atoms with Crippen LogP contribution in [0.3, 0.4) is 0 Å². The number of rotatable bonds is 14. The smallest absolute Gasteiger partial charge is 0.343 e. The molecular weight excluding hydrogens is 592 g/mol. The number of hydrogen-bond donors (Lipinski definition) is 0. The van der Waals surface area contributed by atoms with Gasteiger partial charge in [0.1, 0.15) is 23.0 Å². The van der Waals surface area contributed by atoms with Crippen LogP contribution in [0.15, 0.2) is 84.9 Å². The van der Waals surface area contributed by atoms with Gasteiger partial charge in [-0.1, -0.05) is 12.1 Å². The molecule has 4 aromatic carbocycles. The third-order valence-corrected chi connectivity index (χ3v) is 7.47. The fraction of sp³-hybridized carbons (Fsp3) is 0.278. The lowest BCUT2D eigenvalue weighted by Gasteiger charge is -2.09. The molecule has 2 aliphatic heterocycles. The first kappa shape index (κ1) is 30.9. The van der Waals surface area contributed by atoms with E-state index in [0.29, 0.717) is 59.8 Å². The minimum absolute atomic E-state index is 0.280. The van der Waals surface area contributed by atoms with Crippen LogP contribution < -0.4 is 18.9 Å². The molecule has 0 saturated carbocycles. The van der Waals surface area contributed by atoms with E-state index in [-0.39, 0.29) is 24.1 Å². The maximum atomic E-state index is 12.7. The maximum absolute atomic E-state index is 12.7. The van der Waals surface area contributed by atoms with Crippen LogP contribution in [-0.4, -0.2) is 49.3 Å². The van der Waals surface area contributed by atoms with Gasteiger partial charge in [-0.15, -0.1) is 0 Å². The third-order valence-electron chi connectivity index (χ3n) is 7.47. The van der Waals surface area contributed by atoms with Crippen molar-refractivity contribution < 1.29 is 47.6 Å². The summed E-state index contributed by atoms with van der Waals surface area (Å²) in [5.74, 6) is -0.377. The van der Waals surface area contributed by atoms with Crippen molar-refractivity contribution in [3.63, 3.8) is 0 Å². The predicted octanol–water partition coefficient (Wildman–Crippen LogP) is 6.23. The lowest BCUT2D eigenvalue weighted by Crippen LogP contribution is -2.10. The fourth-order valence-corrected chi connectivity index (χ4v) is 4.76. The zero-order chi connectivity index (χ0) is 31.9. The number of epoxide rings is 2. The Bertz CT molecular complexity index is 1590. The van der Waals surface area contributed by atoms with Crippen LogP contribution in [0.4, 0.5) is 0 Å². The van der Waals surface area contributed by atoms with Gasteiger partial charge in [0.25, 0.3) is 0 Å². The van der Waals surface area contributed by atoms with E-state index in [4.69, 9.17) is 28.4 Å². The Kier molecular flexibility index (Phi) is 9.66. The third kappa shape index (κ3) is 8.99. The summed E-state index contributed by atoms with van der Waals surface area (Å²) in [4.78, 5) is 49.4. The molecule has 4 aromatic rings. The molecule has 236 valence electrons. The molecule has 10 nitrogen and oxygen atoms in total. The molecule has 0 aromatic heterocycles. The Morgan fingerprint density at radius 1 is 0.522 bits per heavy atom. The molecule has 2 fully saturated rings. The number of hydrogen-bond acceptors (Lipinski definition) is 10. The summed E-state index contributed by atoms with van der Waals surface area (Å²) < 4.78 is 32.0. The van der Waals surface area contributed by atoms with E-state index in [1.54, 1.807) is 60.7 Å². The number of esters is 4. The van der Waals surface area contributed by atoms with Crippen LogP contribution in [0.5, 0.6) is 23.0 Å². The molecule has 2 heterocycles. The summed E-state index contributed by atoms with van der Waals surface area (Å²) in [6.45, 7) is 1.53. The van der Waals surface area contributed by atoms with Gasteiger partial charge in [-0.25, -0.2) is 9.59 Å². The van der Waals surface area contributed by atoms with Crippen LogP contribution >= 0.6 is 0 Å². The summed E-state index contributed by atoms with van der Waals surface area (Å²) >= 11 is 0. The number of benzene rings is 4. The van der Waals surface area contributed by atoms with Gasteiger partial charge in [0.15, 0.2) is 0 Å². The molecule has 6 rings (SSSR count). The Morgan fingerprint density at radius 2 is 0.891 bits per heavy atom. The zero-order valence-electron chi connectivity index (χ0n) is 25.0. The highest BCUT2D eigenvalue weighted by molar-refractivity contribution is 5.94. The van der Waals surface area contributed by atoms with Gasteiger partial charge >= 0.3 is 23.9 Å². The SMILES string of the molecule is O=C(CCCC1CO1)Oc1ccc(C(=O)Oc2ccc3cc(OC(=O)c4ccc(OC(=O)CCCC5CO5)cc4)ccc3c2)cc1. The van der Waals surface area contributed by atoms with Gasteiger partial charge in [-0.05, 0) is 109 Å². The van der Waals surface area contributed by atoms with E-state index in [0.717, 1.165) is 36.8 Å². The molecule has 0 aliphatic carbocycles. The molecule has 2 atom stereocenters. The van der Waals surface area contributed by atoms with Crippen molar-refractivity contribution in [3.05, 3.63) is 96.1 Å². The Hall–Kier alpha value is -5.06. The summed E-state index contributed by atoms with van der Waals surface area (Å²) in [7, 11) is 0. The molecule has 10 heteroatoms. The highest BCUT2D eigenvalue weighted by atomic mass is 16.6. The molecule has 0 radical (unpaired) electrons. The van der Waals surface area contributed by atoms with Crippen molar-refractivity contribution in [2.24, 2.45) is 0 Å². The number of carbonyl (C=O) groups excluding carboxylic acids is 4.